The molecule has 4 nitrogen and oxygen atoms in total. The van der Waals surface area contributed by atoms with Crippen molar-refractivity contribution >= 4 is 23.1 Å². The van der Waals surface area contributed by atoms with E-state index >= 15 is 0 Å². The topological polar surface area (TPSA) is 37.3 Å². The van der Waals surface area contributed by atoms with Gasteiger partial charge in [0.15, 0.2) is 0 Å². The van der Waals surface area contributed by atoms with Gasteiger partial charge >= 0.3 is 12.2 Å². The number of carbonyl (C=O) groups excluding carboxylic acids is 1. The third-order valence-electron chi connectivity index (χ3n) is 5.51. The largest absolute Gasteiger partial charge is 0.418 e. The van der Waals surface area contributed by atoms with E-state index < -0.39 is 23.8 Å². The molecule has 4 aromatic rings. The molecule has 0 spiro atoms. The van der Waals surface area contributed by atoms with Crippen molar-refractivity contribution in [3.05, 3.63) is 106 Å². The van der Waals surface area contributed by atoms with Crippen LogP contribution in [0.25, 0.3) is 5.69 Å². The lowest BCUT2D eigenvalue weighted by atomic mass is 10.1. The van der Waals surface area contributed by atoms with E-state index in [1.54, 1.807) is 4.90 Å². The first-order chi connectivity index (χ1) is 15.4. The van der Waals surface area contributed by atoms with Crippen LogP contribution in [-0.2, 0) is 12.7 Å². The van der Waals surface area contributed by atoms with E-state index in [9.17, 15) is 18.0 Å². The molecule has 0 saturated heterocycles. The summed E-state index contributed by atoms with van der Waals surface area (Å²) in [7, 11) is 0. The molecule has 1 aliphatic heterocycles. The summed E-state index contributed by atoms with van der Waals surface area (Å²) in [6.07, 6.45) is -2.63. The first kappa shape index (κ1) is 20.4. The Morgan fingerprint density at radius 2 is 1.75 bits per heavy atom. The number of rotatable bonds is 2. The van der Waals surface area contributed by atoms with Gasteiger partial charge < -0.3 is 14.8 Å². The normalized spacial score (nSPS) is 15.6. The van der Waals surface area contributed by atoms with Crippen LogP contribution in [0.5, 0.6) is 0 Å². The molecule has 1 N–H and O–H groups in total. The second-order valence-electron chi connectivity index (χ2n) is 7.45. The van der Waals surface area contributed by atoms with Crippen molar-refractivity contribution < 1.29 is 18.0 Å². The van der Waals surface area contributed by atoms with Gasteiger partial charge in [-0.15, -0.1) is 11.3 Å². The van der Waals surface area contributed by atoms with Gasteiger partial charge in [-0.25, -0.2) is 4.79 Å². The summed E-state index contributed by atoms with van der Waals surface area (Å²) in [5.41, 5.74) is 1.59. The quantitative estimate of drug-likeness (QED) is 0.361. The molecule has 0 fully saturated rings. The number of amides is 2. The average molecular weight is 453 g/mol. The zero-order valence-corrected chi connectivity index (χ0v) is 17.5. The van der Waals surface area contributed by atoms with E-state index in [1.807, 2.05) is 64.7 Å². The molecule has 2 aromatic carbocycles. The molecule has 32 heavy (non-hydrogen) atoms. The van der Waals surface area contributed by atoms with Crippen molar-refractivity contribution in [2.45, 2.75) is 18.8 Å². The Bertz CT molecular complexity index is 1260. The van der Waals surface area contributed by atoms with Crippen molar-refractivity contribution in [3.63, 3.8) is 0 Å². The zero-order chi connectivity index (χ0) is 22.3. The summed E-state index contributed by atoms with van der Waals surface area (Å²) in [4.78, 5) is 16.0. The molecule has 3 heterocycles. The second-order valence-corrected chi connectivity index (χ2v) is 8.43. The minimum Gasteiger partial charge on any atom is -0.318 e. The van der Waals surface area contributed by atoms with E-state index in [2.05, 4.69) is 5.32 Å². The summed E-state index contributed by atoms with van der Waals surface area (Å²) in [5, 5.41) is 4.45. The van der Waals surface area contributed by atoms with Crippen molar-refractivity contribution in [3.8, 4) is 5.69 Å². The van der Waals surface area contributed by atoms with E-state index in [0.717, 1.165) is 27.9 Å². The molecule has 0 unspecified atom stereocenters. The van der Waals surface area contributed by atoms with Crippen molar-refractivity contribution in [1.82, 2.24) is 9.47 Å². The molecule has 0 bridgehead atoms. The van der Waals surface area contributed by atoms with Crippen LogP contribution in [0.15, 0.2) is 84.4 Å². The maximum Gasteiger partial charge on any atom is 0.418 e. The van der Waals surface area contributed by atoms with Crippen LogP contribution >= 0.6 is 11.3 Å². The number of hydrogen-bond donors (Lipinski definition) is 1. The Balaban J connectivity index is 1.60. The molecule has 8 heteroatoms. The van der Waals surface area contributed by atoms with Gasteiger partial charge in [-0.3, -0.25) is 0 Å². The number of nitrogens with zero attached hydrogens (tertiary/aromatic N) is 2. The van der Waals surface area contributed by atoms with Gasteiger partial charge in [0.2, 0.25) is 0 Å². The molecule has 2 aromatic heterocycles. The lowest BCUT2D eigenvalue weighted by Gasteiger charge is -2.30. The fourth-order valence-corrected chi connectivity index (χ4v) is 4.96. The molecule has 162 valence electrons. The van der Waals surface area contributed by atoms with E-state index in [4.69, 9.17) is 0 Å². The molecule has 1 atom stereocenters. The number of benzene rings is 2. The van der Waals surface area contributed by atoms with Crippen LogP contribution < -0.4 is 5.32 Å². The summed E-state index contributed by atoms with van der Waals surface area (Å²) in [6.45, 7) is 0.250. The monoisotopic (exact) mass is 453 g/mol. The molecular formula is C24H18F3N3OS. The first-order valence-corrected chi connectivity index (χ1v) is 10.8. The number of nitrogens with one attached hydrogen (secondary N) is 1. The van der Waals surface area contributed by atoms with Crippen LogP contribution in [0.3, 0.4) is 0 Å². The SMILES string of the molecule is O=C(Nc1ccccc1C(F)(F)F)N1Cc2ccccc2-n2cccc2[C@H]1c1cccs1. The highest BCUT2D eigenvalue weighted by atomic mass is 32.1. The third-order valence-corrected chi connectivity index (χ3v) is 6.44. The number of para-hydroxylation sites is 2. The lowest BCUT2D eigenvalue weighted by Crippen LogP contribution is -2.38. The molecule has 1 aliphatic rings. The number of aromatic nitrogens is 1. The second kappa shape index (κ2) is 7.87. The van der Waals surface area contributed by atoms with Gasteiger partial charge in [-0.05, 0) is 47.3 Å². The number of urea groups is 1. The van der Waals surface area contributed by atoms with Crippen LogP contribution in [0.4, 0.5) is 23.7 Å². The highest BCUT2D eigenvalue weighted by Gasteiger charge is 2.36. The van der Waals surface area contributed by atoms with E-state index in [1.165, 1.54) is 29.5 Å². The average Bonchev–Trinajstić information content (AvgIpc) is 3.44. The van der Waals surface area contributed by atoms with E-state index in [0.29, 0.717) is 0 Å². The predicted molar refractivity (Wildman–Crippen MR) is 118 cm³/mol. The smallest absolute Gasteiger partial charge is 0.318 e. The maximum atomic E-state index is 13.5. The molecule has 0 saturated carbocycles. The van der Waals surface area contributed by atoms with Crippen molar-refractivity contribution in [2.75, 3.05) is 5.32 Å². The summed E-state index contributed by atoms with van der Waals surface area (Å²) < 4.78 is 42.5. The molecule has 2 amide bonds. The highest BCUT2D eigenvalue weighted by molar-refractivity contribution is 7.10. The molecule has 0 aliphatic carbocycles. The van der Waals surface area contributed by atoms with Crippen LogP contribution in [0.2, 0.25) is 0 Å². The summed E-state index contributed by atoms with van der Waals surface area (Å²) in [5.74, 6) is 0. The number of thiophene rings is 1. The zero-order valence-electron chi connectivity index (χ0n) is 16.7. The van der Waals surface area contributed by atoms with Gasteiger partial charge in [-0.1, -0.05) is 36.4 Å². The number of anilines is 1. The van der Waals surface area contributed by atoms with Gasteiger partial charge in [-0.2, -0.15) is 13.2 Å². The summed E-state index contributed by atoms with van der Waals surface area (Å²) in [6, 6.07) is 19.4. The van der Waals surface area contributed by atoms with Gasteiger partial charge in [0.05, 0.1) is 29.2 Å². The Hall–Kier alpha value is -3.52. The Morgan fingerprint density at radius 1 is 0.969 bits per heavy atom. The Morgan fingerprint density at radius 3 is 2.53 bits per heavy atom. The third kappa shape index (κ3) is 3.56. The number of alkyl halides is 3. The van der Waals surface area contributed by atoms with Gasteiger partial charge in [0.1, 0.15) is 6.04 Å². The van der Waals surface area contributed by atoms with Crippen LogP contribution in [0.1, 0.15) is 27.7 Å². The maximum absolute atomic E-state index is 13.5. The number of carbonyl (C=O) groups is 1. The van der Waals surface area contributed by atoms with Crippen molar-refractivity contribution in [2.24, 2.45) is 0 Å². The van der Waals surface area contributed by atoms with Crippen molar-refractivity contribution in [1.29, 1.82) is 0 Å². The summed E-state index contributed by atoms with van der Waals surface area (Å²) >= 11 is 1.50. The lowest BCUT2D eigenvalue weighted by molar-refractivity contribution is -0.136. The number of fused-ring (bicyclic) bond motifs is 3. The standard InChI is InChI=1S/C24H18F3N3OS/c25-24(26,27)17-8-2-3-9-18(17)28-23(31)30-15-16-7-1-4-10-19(16)29-13-5-11-20(29)22(30)21-12-6-14-32-21/h1-14,22H,15H2,(H,28,31)/t22-/m0/s1. The fourth-order valence-electron chi connectivity index (χ4n) is 4.11. The van der Waals surface area contributed by atoms with Crippen LogP contribution in [-0.4, -0.2) is 15.5 Å². The Labute approximate surface area is 186 Å². The van der Waals surface area contributed by atoms with Gasteiger partial charge in [0, 0.05) is 11.1 Å². The minimum atomic E-state index is -4.57. The molecular weight excluding hydrogens is 435 g/mol. The fraction of sp³-hybridized carbons (Fsp3) is 0.125. The predicted octanol–water partition coefficient (Wildman–Crippen LogP) is 6.69. The van der Waals surface area contributed by atoms with Crippen LogP contribution in [0, 0.1) is 0 Å². The highest BCUT2D eigenvalue weighted by Crippen LogP contribution is 2.39. The number of halogens is 3. The number of hydrogen-bond acceptors (Lipinski definition) is 2. The van der Waals surface area contributed by atoms with E-state index in [-0.39, 0.29) is 12.2 Å². The molecule has 5 rings (SSSR count). The Kier molecular flexibility index (Phi) is 5.01. The first-order valence-electron chi connectivity index (χ1n) is 9.96. The molecule has 0 radical (unpaired) electrons. The minimum absolute atomic E-state index is 0.250. The van der Waals surface area contributed by atoms with Gasteiger partial charge in [0.25, 0.3) is 0 Å².